The van der Waals surface area contributed by atoms with E-state index < -0.39 is 0 Å². The second kappa shape index (κ2) is 5.42. The minimum atomic E-state index is -0.287. The molecule has 0 aliphatic carbocycles. The lowest BCUT2D eigenvalue weighted by molar-refractivity contribution is -0.141. The molecule has 0 N–H and O–H groups in total. The molecule has 0 amide bonds. The Hall–Kier alpha value is -2.20. The topological polar surface area (TPSA) is 78.3 Å². The SMILES string of the molecule is COC(=O)[C@@H]1CCCN1c1ccccc1N=[N+]=[N-]. The number of ether oxygens (including phenoxy) is 1. The van der Waals surface area contributed by atoms with Crippen molar-refractivity contribution in [2.75, 3.05) is 18.6 Å². The predicted octanol–water partition coefficient (Wildman–Crippen LogP) is 2.77. The van der Waals surface area contributed by atoms with Gasteiger partial charge in [0.15, 0.2) is 0 Å². The average molecular weight is 246 g/mol. The molecule has 1 aromatic rings. The van der Waals surface area contributed by atoms with Gasteiger partial charge in [-0.1, -0.05) is 23.3 Å². The monoisotopic (exact) mass is 246 g/mol. The van der Waals surface area contributed by atoms with Crippen molar-refractivity contribution in [2.45, 2.75) is 18.9 Å². The smallest absolute Gasteiger partial charge is 0.328 e. The van der Waals surface area contributed by atoms with Crippen LogP contribution < -0.4 is 4.90 Å². The number of carbonyl (C=O) groups excluding carboxylic acids is 1. The van der Waals surface area contributed by atoms with Crippen LogP contribution in [0.1, 0.15) is 12.8 Å². The lowest BCUT2D eigenvalue weighted by Crippen LogP contribution is -2.36. The minimum absolute atomic E-state index is 0.247. The first kappa shape index (κ1) is 12.3. The number of carbonyl (C=O) groups is 1. The number of benzene rings is 1. The van der Waals surface area contributed by atoms with Crippen molar-refractivity contribution in [3.8, 4) is 0 Å². The van der Waals surface area contributed by atoms with Crippen LogP contribution in [0.4, 0.5) is 11.4 Å². The molecule has 0 spiro atoms. The first-order chi connectivity index (χ1) is 8.77. The van der Waals surface area contributed by atoms with Crippen molar-refractivity contribution in [1.82, 2.24) is 0 Å². The first-order valence-electron chi connectivity index (χ1n) is 5.76. The van der Waals surface area contributed by atoms with E-state index in [4.69, 9.17) is 10.3 Å². The van der Waals surface area contributed by atoms with Gasteiger partial charge in [0.2, 0.25) is 0 Å². The van der Waals surface area contributed by atoms with Crippen molar-refractivity contribution in [3.05, 3.63) is 34.7 Å². The van der Waals surface area contributed by atoms with Crippen LogP contribution in [0.2, 0.25) is 0 Å². The van der Waals surface area contributed by atoms with E-state index in [-0.39, 0.29) is 12.0 Å². The van der Waals surface area contributed by atoms with Crippen LogP contribution in [0.3, 0.4) is 0 Å². The molecule has 1 atom stereocenters. The summed E-state index contributed by atoms with van der Waals surface area (Å²) < 4.78 is 4.80. The number of anilines is 1. The molecule has 1 saturated heterocycles. The van der Waals surface area contributed by atoms with E-state index in [1.54, 1.807) is 12.1 Å². The number of hydrogen-bond acceptors (Lipinski definition) is 4. The highest BCUT2D eigenvalue weighted by atomic mass is 16.5. The number of para-hydroxylation sites is 1. The van der Waals surface area contributed by atoms with Crippen molar-refractivity contribution >= 4 is 17.3 Å². The predicted molar refractivity (Wildman–Crippen MR) is 67.6 cm³/mol. The molecule has 2 rings (SSSR count). The fraction of sp³-hybridized carbons (Fsp3) is 0.417. The quantitative estimate of drug-likeness (QED) is 0.356. The number of nitrogens with zero attached hydrogens (tertiary/aromatic N) is 4. The Bertz CT molecular complexity index is 497. The molecule has 1 aromatic carbocycles. The Morgan fingerprint density at radius 1 is 1.56 bits per heavy atom. The fourth-order valence-electron chi connectivity index (χ4n) is 2.28. The lowest BCUT2D eigenvalue weighted by atomic mass is 10.2. The van der Waals surface area contributed by atoms with Crippen LogP contribution in [0.5, 0.6) is 0 Å². The summed E-state index contributed by atoms with van der Waals surface area (Å²) in [6, 6.07) is 6.97. The number of azide groups is 1. The molecular weight excluding hydrogens is 232 g/mol. The Morgan fingerprint density at radius 3 is 3.06 bits per heavy atom. The lowest BCUT2D eigenvalue weighted by Gasteiger charge is -2.26. The van der Waals surface area contributed by atoms with Crippen LogP contribution >= 0.6 is 0 Å². The Balaban J connectivity index is 2.35. The van der Waals surface area contributed by atoms with E-state index in [1.165, 1.54) is 7.11 Å². The van der Waals surface area contributed by atoms with E-state index in [1.807, 2.05) is 17.0 Å². The molecule has 0 aromatic heterocycles. The van der Waals surface area contributed by atoms with Gasteiger partial charge in [-0.05, 0) is 24.4 Å². The van der Waals surface area contributed by atoms with Gasteiger partial charge in [0, 0.05) is 17.1 Å². The molecule has 0 saturated carbocycles. The largest absolute Gasteiger partial charge is 0.467 e. The zero-order valence-corrected chi connectivity index (χ0v) is 10.1. The van der Waals surface area contributed by atoms with Crippen molar-refractivity contribution in [3.63, 3.8) is 0 Å². The molecule has 1 fully saturated rings. The summed E-state index contributed by atoms with van der Waals surface area (Å²) in [4.78, 5) is 16.5. The van der Waals surface area contributed by atoms with Crippen molar-refractivity contribution in [1.29, 1.82) is 0 Å². The van der Waals surface area contributed by atoms with E-state index in [2.05, 4.69) is 10.0 Å². The zero-order valence-electron chi connectivity index (χ0n) is 10.1. The summed E-state index contributed by atoms with van der Waals surface area (Å²) in [6.45, 7) is 0.762. The van der Waals surface area contributed by atoms with Crippen molar-refractivity contribution in [2.24, 2.45) is 5.11 Å². The van der Waals surface area contributed by atoms with Gasteiger partial charge in [0.25, 0.3) is 0 Å². The van der Waals surface area contributed by atoms with Gasteiger partial charge in [0.1, 0.15) is 6.04 Å². The van der Waals surface area contributed by atoms with Crippen LogP contribution in [0.25, 0.3) is 10.4 Å². The highest BCUT2D eigenvalue weighted by Crippen LogP contribution is 2.34. The van der Waals surface area contributed by atoms with E-state index in [0.29, 0.717) is 5.69 Å². The Labute approximate surface area is 105 Å². The van der Waals surface area contributed by atoms with Gasteiger partial charge >= 0.3 is 5.97 Å². The van der Waals surface area contributed by atoms with Gasteiger partial charge in [-0.2, -0.15) is 0 Å². The molecule has 0 unspecified atom stereocenters. The Kier molecular flexibility index (Phi) is 3.69. The van der Waals surface area contributed by atoms with Crippen LogP contribution in [0.15, 0.2) is 29.4 Å². The average Bonchev–Trinajstić information content (AvgIpc) is 2.88. The molecule has 94 valence electrons. The third-order valence-electron chi connectivity index (χ3n) is 3.07. The Morgan fingerprint density at radius 2 is 2.33 bits per heavy atom. The molecule has 6 heteroatoms. The fourth-order valence-corrected chi connectivity index (χ4v) is 2.28. The number of methoxy groups -OCH3 is 1. The highest BCUT2D eigenvalue weighted by molar-refractivity contribution is 5.83. The number of hydrogen-bond donors (Lipinski definition) is 0. The number of esters is 1. The maximum Gasteiger partial charge on any atom is 0.328 e. The highest BCUT2D eigenvalue weighted by Gasteiger charge is 2.32. The van der Waals surface area contributed by atoms with Gasteiger partial charge in [-0.3, -0.25) is 0 Å². The van der Waals surface area contributed by atoms with E-state index >= 15 is 0 Å². The van der Waals surface area contributed by atoms with E-state index in [9.17, 15) is 4.79 Å². The molecule has 1 aliphatic rings. The van der Waals surface area contributed by atoms with Crippen LogP contribution in [0, 0.1) is 0 Å². The van der Waals surface area contributed by atoms with Crippen LogP contribution in [-0.2, 0) is 9.53 Å². The normalized spacial score (nSPS) is 18.3. The molecule has 0 bridgehead atoms. The zero-order chi connectivity index (χ0) is 13.0. The van der Waals surface area contributed by atoms with Gasteiger partial charge < -0.3 is 9.64 Å². The molecule has 0 radical (unpaired) electrons. The maximum atomic E-state index is 11.7. The first-order valence-corrected chi connectivity index (χ1v) is 5.76. The number of rotatable bonds is 3. The summed E-state index contributed by atoms with van der Waals surface area (Å²) in [6.07, 6.45) is 1.68. The standard InChI is InChI=1S/C12H14N4O2/c1-18-12(17)11-7-4-8-16(11)10-6-3-2-5-9(10)14-15-13/h2-3,5-6,11H,4,7-8H2,1H3/t11-/m0/s1. The van der Waals surface area contributed by atoms with E-state index in [0.717, 1.165) is 25.1 Å². The molecule has 18 heavy (non-hydrogen) atoms. The van der Waals surface area contributed by atoms with Gasteiger partial charge in [-0.25, -0.2) is 4.79 Å². The summed E-state index contributed by atoms with van der Waals surface area (Å²) in [5.41, 5.74) is 9.87. The van der Waals surface area contributed by atoms with Gasteiger partial charge in [-0.15, -0.1) is 0 Å². The summed E-state index contributed by atoms with van der Waals surface area (Å²) in [5, 5.41) is 3.66. The molecular formula is C12H14N4O2. The third kappa shape index (κ3) is 2.24. The second-order valence-corrected chi connectivity index (χ2v) is 4.05. The maximum absolute atomic E-state index is 11.7. The summed E-state index contributed by atoms with van der Waals surface area (Å²) in [5.74, 6) is -0.247. The summed E-state index contributed by atoms with van der Waals surface area (Å²) in [7, 11) is 1.39. The second-order valence-electron chi connectivity index (χ2n) is 4.05. The van der Waals surface area contributed by atoms with Gasteiger partial charge in [0.05, 0.1) is 12.8 Å². The van der Waals surface area contributed by atoms with Crippen molar-refractivity contribution < 1.29 is 9.53 Å². The summed E-state index contributed by atoms with van der Waals surface area (Å²) >= 11 is 0. The third-order valence-corrected chi connectivity index (χ3v) is 3.07. The van der Waals surface area contributed by atoms with Crippen LogP contribution in [-0.4, -0.2) is 25.7 Å². The molecule has 6 nitrogen and oxygen atoms in total. The molecule has 1 heterocycles. The minimum Gasteiger partial charge on any atom is -0.467 e. The molecule has 1 aliphatic heterocycles.